The van der Waals surface area contributed by atoms with Gasteiger partial charge in [-0.25, -0.2) is 0 Å². The van der Waals surface area contributed by atoms with Crippen LogP contribution in [0.4, 0.5) is 13.2 Å². The Bertz CT molecular complexity index is 1160. The molecule has 0 saturated heterocycles. The summed E-state index contributed by atoms with van der Waals surface area (Å²) in [6.45, 7) is 7.34. The van der Waals surface area contributed by atoms with E-state index >= 15 is 0 Å². The molecule has 1 unspecified atom stereocenters. The number of fused-ring (bicyclic) bond motifs is 1. The third kappa shape index (κ3) is 6.40. The molecule has 1 N–H and O–H groups in total. The maximum Gasteiger partial charge on any atom is 0.573 e. The van der Waals surface area contributed by atoms with E-state index in [1.54, 1.807) is 13.8 Å². The van der Waals surface area contributed by atoms with Gasteiger partial charge < -0.3 is 14.2 Å². The molecule has 4 nitrogen and oxygen atoms in total. The molecule has 0 aliphatic heterocycles. The van der Waals surface area contributed by atoms with Gasteiger partial charge in [-0.3, -0.25) is 4.57 Å². The van der Waals surface area contributed by atoms with Crippen LogP contribution in [0.2, 0.25) is 0 Å². The van der Waals surface area contributed by atoms with E-state index < -0.39 is 25.2 Å². The van der Waals surface area contributed by atoms with Gasteiger partial charge in [0, 0.05) is 19.4 Å². The number of rotatable bonds is 8. The Morgan fingerprint density at radius 2 is 1.70 bits per heavy atom. The predicted molar refractivity (Wildman–Crippen MR) is 129 cm³/mol. The van der Waals surface area contributed by atoms with Gasteiger partial charge in [0.05, 0.1) is 5.60 Å². The zero-order valence-electron chi connectivity index (χ0n) is 18.5. The highest BCUT2D eigenvalue weighted by molar-refractivity contribution is 9.10. The van der Waals surface area contributed by atoms with E-state index in [-0.39, 0.29) is 18.1 Å². The number of hydrogen-bond acceptors (Lipinski definition) is 4. The molecule has 0 radical (unpaired) electrons. The van der Waals surface area contributed by atoms with Crippen LogP contribution in [-0.2, 0) is 15.5 Å². The highest BCUT2D eigenvalue weighted by atomic mass is 79.9. The number of benzene rings is 2. The van der Waals surface area contributed by atoms with Crippen molar-refractivity contribution in [1.29, 1.82) is 0 Å². The fourth-order valence-corrected chi connectivity index (χ4v) is 7.85. The lowest BCUT2D eigenvalue weighted by Gasteiger charge is -2.34. The van der Waals surface area contributed by atoms with Crippen molar-refractivity contribution in [2.75, 3.05) is 0 Å². The lowest BCUT2D eigenvalue weighted by molar-refractivity contribution is -0.274. The van der Waals surface area contributed by atoms with E-state index in [0.29, 0.717) is 14.9 Å². The zero-order chi connectivity index (χ0) is 24.6. The van der Waals surface area contributed by atoms with E-state index in [1.165, 1.54) is 35.6 Å². The van der Waals surface area contributed by atoms with Crippen LogP contribution in [0.15, 0.2) is 53.0 Å². The van der Waals surface area contributed by atoms with Gasteiger partial charge in [0.2, 0.25) is 0 Å². The molecule has 3 rings (SSSR count). The molecule has 1 heterocycles. The Morgan fingerprint density at radius 3 is 2.24 bits per heavy atom. The number of halogens is 4. The summed E-state index contributed by atoms with van der Waals surface area (Å²) < 4.78 is 62.6. The van der Waals surface area contributed by atoms with E-state index in [0.717, 1.165) is 10.1 Å². The van der Waals surface area contributed by atoms with Crippen LogP contribution in [0.5, 0.6) is 5.75 Å². The summed E-state index contributed by atoms with van der Waals surface area (Å²) in [5, 5.41) is 0.916. The first kappa shape index (κ1) is 26.2. The van der Waals surface area contributed by atoms with Gasteiger partial charge in [0.15, 0.2) is 0 Å². The van der Waals surface area contributed by atoms with Gasteiger partial charge in [-0.1, -0.05) is 44.2 Å². The highest BCUT2D eigenvalue weighted by Crippen LogP contribution is 2.63. The van der Waals surface area contributed by atoms with Gasteiger partial charge in [-0.2, -0.15) is 0 Å². The quantitative estimate of drug-likeness (QED) is 0.279. The average Bonchev–Trinajstić information content (AvgIpc) is 3.01. The van der Waals surface area contributed by atoms with Crippen LogP contribution in [0.25, 0.3) is 10.1 Å². The predicted octanol–water partition coefficient (Wildman–Crippen LogP) is 8.48. The monoisotopic (exact) mass is 564 g/mol. The SMILES string of the molecule is CC(C)C(C)(C)O[P@](=O)(O)C(Cc1ccc(OC(F)(F)F)cc1)c1sc2ccccc2c1Br. The van der Waals surface area contributed by atoms with Crippen LogP contribution in [0.1, 0.15) is 43.8 Å². The second-order valence-corrected chi connectivity index (χ2v) is 12.4. The first-order valence-corrected chi connectivity index (χ1v) is 13.5. The van der Waals surface area contributed by atoms with Gasteiger partial charge in [0.25, 0.3) is 0 Å². The minimum absolute atomic E-state index is 0.0247. The minimum Gasteiger partial charge on any atom is -0.406 e. The van der Waals surface area contributed by atoms with E-state index in [4.69, 9.17) is 4.52 Å². The molecule has 10 heteroatoms. The molecule has 0 aliphatic carbocycles. The standard InChI is InChI=1S/C23H25BrF3O4PS/c1-14(2)22(3,4)31-32(28,29)18(21-20(24)17-7-5-6-8-19(17)33-21)13-15-9-11-16(12-10-15)30-23(25,26)27/h5-12,14,18H,13H2,1-4H3,(H,28,29). The number of thiophene rings is 1. The summed E-state index contributed by atoms with van der Waals surface area (Å²) in [4.78, 5) is 11.8. The first-order chi connectivity index (χ1) is 15.2. The van der Waals surface area contributed by atoms with Crippen LogP contribution >= 0.6 is 34.9 Å². The summed E-state index contributed by atoms with van der Waals surface area (Å²) in [6, 6.07) is 12.9. The summed E-state index contributed by atoms with van der Waals surface area (Å²) in [5.74, 6) is -0.376. The van der Waals surface area contributed by atoms with Crippen LogP contribution in [0.3, 0.4) is 0 Å². The average molecular weight is 565 g/mol. The van der Waals surface area contributed by atoms with Crippen molar-refractivity contribution in [3.05, 3.63) is 63.4 Å². The third-order valence-electron chi connectivity index (χ3n) is 5.60. The Hall–Kier alpha value is -1.38. The Kier molecular flexibility index (Phi) is 7.71. The second-order valence-electron chi connectivity index (χ2n) is 8.60. The van der Waals surface area contributed by atoms with Crippen molar-refractivity contribution in [2.45, 2.75) is 51.7 Å². The second kappa shape index (κ2) is 9.70. The van der Waals surface area contributed by atoms with Crippen molar-refractivity contribution in [1.82, 2.24) is 0 Å². The molecule has 0 saturated carbocycles. The first-order valence-electron chi connectivity index (χ1n) is 10.2. The molecular formula is C23H25BrF3O4PS. The van der Waals surface area contributed by atoms with E-state index in [1.807, 2.05) is 38.1 Å². The van der Waals surface area contributed by atoms with Gasteiger partial charge in [-0.05, 0) is 65.9 Å². The molecular weight excluding hydrogens is 540 g/mol. The molecule has 3 aromatic rings. The van der Waals surface area contributed by atoms with E-state index in [9.17, 15) is 22.6 Å². The summed E-state index contributed by atoms with van der Waals surface area (Å²) in [5.41, 5.74) is -1.20. The minimum atomic E-state index is -4.79. The van der Waals surface area contributed by atoms with Crippen molar-refractivity contribution in [3.8, 4) is 5.75 Å². The number of ether oxygens (including phenoxy) is 1. The Labute approximate surface area is 203 Å². The summed E-state index contributed by atoms with van der Waals surface area (Å²) >= 11 is 4.98. The normalized spacial score (nSPS) is 15.6. The molecule has 0 aliphatic rings. The molecule has 1 aromatic heterocycles. The fraction of sp³-hybridized carbons (Fsp3) is 0.391. The summed E-state index contributed by atoms with van der Waals surface area (Å²) in [6.07, 6.45) is -4.69. The van der Waals surface area contributed by atoms with Crippen molar-refractivity contribution < 1.29 is 31.9 Å². The maximum atomic E-state index is 13.7. The van der Waals surface area contributed by atoms with Gasteiger partial charge >= 0.3 is 14.0 Å². The molecule has 0 amide bonds. The smallest absolute Gasteiger partial charge is 0.406 e. The summed E-state index contributed by atoms with van der Waals surface area (Å²) in [7, 11) is -4.22. The molecule has 0 fully saturated rings. The van der Waals surface area contributed by atoms with Gasteiger partial charge in [0.1, 0.15) is 11.4 Å². The Morgan fingerprint density at radius 1 is 1.09 bits per heavy atom. The van der Waals surface area contributed by atoms with E-state index in [2.05, 4.69) is 20.7 Å². The molecule has 180 valence electrons. The van der Waals surface area contributed by atoms with Crippen LogP contribution in [0, 0.1) is 5.92 Å². The van der Waals surface area contributed by atoms with Crippen molar-refractivity contribution >= 4 is 44.9 Å². The molecule has 0 spiro atoms. The lowest BCUT2D eigenvalue weighted by atomic mass is 9.95. The number of alkyl halides is 3. The third-order valence-corrected chi connectivity index (χ3v) is 10.1. The lowest BCUT2D eigenvalue weighted by Crippen LogP contribution is -2.30. The van der Waals surface area contributed by atoms with Crippen molar-refractivity contribution in [2.24, 2.45) is 5.92 Å². The fourth-order valence-electron chi connectivity index (χ4n) is 3.16. The molecule has 33 heavy (non-hydrogen) atoms. The zero-order valence-corrected chi connectivity index (χ0v) is 21.8. The molecule has 0 bridgehead atoms. The highest BCUT2D eigenvalue weighted by Gasteiger charge is 2.42. The molecule has 2 atom stereocenters. The topological polar surface area (TPSA) is 55.8 Å². The molecule has 2 aromatic carbocycles. The number of hydrogen-bond donors (Lipinski definition) is 1. The van der Waals surface area contributed by atoms with Gasteiger partial charge in [-0.15, -0.1) is 24.5 Å². The largest absolute Gasteiger partial charge is 0.573 e. The maximum absolute atomic E-state index is 13.7. The van der Waals surface area contributed by atoms with Crippen LogP contribution in [-0.4, -0.2) is 16.9 Å². The Balaban J connectivity index is 2.02. The van der Waals surface area contributed by atoms with Crippen LogP contribution < -0.4 is 4.74 Å². The van der Waals surface area contributed by atoms with Crippen molar-refractivity contribution in [3.63, 3.8) is 0 Å².